The van der Waals surface area contributed by atoms with Gasteiger partial charge in [0.05, 0.1) is 16.3 Å². The van der Waals surface area contributed by atoms with Gasteiger partial charge in [0.2, 0.25) is 0 Å². The summed E-state index contributed by atoms with van der Waals surface area (Å²) in [6, 6.07) is 12.6. The topological polar surface area (TPSA) is 123 Å². The molecule has 2 aromatic carbocycles. The molecule has 0 spiro atoms. The normalized spacial score (nSPS) is 11.5. The van der Waals surface area contributed by atoms with Crippen LogP contribution in [0.4, 0.5) is 5.69 Å². The van der Waals surface area contributed by atoms with Gasteiger partial charge < -0.3 is 0 Å². The second-order valence-electron chi connectivity index (χ2n) is 5.87. The Kier molecular flexibility index (Phi) is 4.34. The van der Waals surface area contributed by atoms with Gasteiger partial charge in [0.25, 0.3) is 5.69 Å². The molecular weight excluding hydrogens is 356 g/mol. The van der Waals surface area contributed by atoms with Gasteiger partial charge in [-0.25, -0.2) is 9.82 Å². The number of rotatable bonds is 4. The molecule has 0 atom stereocenters. The molecule has 0 aliphatic heterocycles. The molecule has 0 radical (unpaired) electrons. The van der Waals surface area contributed by atoms with Gasteiger partial charge >= 0.3 is 10.0 Å². The average molecular weight is 373 g/mol. The second-order valence-corrected chi connectivity index (χ2v) is 7.57. The van der Waals surface area contributed by atoms with E-state index < -0.39 is 14.9 Å². The van der Waals surface area contributed by atoms with E-state index in [2.05, 4.69) is 10.2 Å². The zero-order valence-electron chi connectivity index (χ0n) is 14.2. The van der Waals surface area contributed by atoms with E-state index in [9.17, 15) is 18.5 Å². The van der Waals surface area contributed by atoms with Gasteiger partial charge in [0.15, 0.2) is 0 Å². The third-order valence-electron chi connectivity index (χ3n) is 4.08. The third kappa shape index (κ3) is 3.22. The summed E-state index contributed by atoms with van der Waals surface area (Å²) in [5.74, 6) is 0. The average Bonchev–Trinajstić information content (AvgIpc) is 2.89. The summed E-state index contributed by atoms with van der Waals surface area (Å²) in [7, 11) is -3.51. The van der Waals surface area contributed by atoms with Crippen LogP contribution in [0.2, 0.25) is 0 Å². The van der Waals surface area contributed by atoms with Crippen LogP contribution >= 0.6 is 0 Å². The van der Waals surface area contributed by atoms with Crippen LogP contribution in [0.15, 0.2) is 53.4 Å². The van der Waals surface area contributed by atoms with Crippen molar-refractivity contribution in [3.05, 3.63) is 70.0 Å². The Morgan fingerprint density at radius 1 is 1.12 bits per heavy atom. The Labute approximate surface area is 150 Å². The molecule has 0 unspecified atom stereocenters. The quantitative estimate of drug-likeness (QED) is 0.553. The molecule has 134 valence electrons. The molecule has 0 saturated carbocycles. The number of hydrogen-bond acceptors (Lipinski definition) is 5. The molecule has 0 aliphatic rings. The molecule has 3 rings (SSSR count). The monoisotopic (exact) mass is 373 g/mol. The third-order valence-corrected chi connectivity index (χ3v) is 5.07. The number of aryl methyl sites for hydroxylation is 1. The number of nitrogens with zero attached hydrogens (tertiary/aromatic N) is 3. The lowest BCUT2D eigenvalue weighted by Crippen LogP contribution is -2.56. The number of nitro groups is 1. The smallest absolute Gasteiger partial charge is 0.258 e. The molecule has 0 aliphatic carbocycles. The van der Waals surface area contributed by atoms with Crippen LogP contribution in [0.5, 0.6) is 0 Å². The highest BCUT2D eigenvalue weighted by molar-refractivity contribution is 7.84. The number of benzene rings is 2. The van der Waals surface area contributed by atoms with E-state index in [1.807, 2.05) is 13.8 Å². The summed E-state index contributed by atoms with van der Waals surface area (Å²) in [6.45, 7) is 3.69. The van der Waals surface area contributed by atoms with E-state index in [1.54, 1.807) is 28.9 Å². The molecule has 0 amide bonds. The van der Waals surface area contributed by atoms with E-state index in [-0.39, 0.29) is 10.6 Å². The van der Waals surface area contributed by atoms with Crippen molar-refractivity contribution in [3.63, 3.8) is 0 Å². The number of aromatic nitrogens is 2. The highest BCUT2D eigenvalue weighted by atomic mass is 32.2. The van der Waals surface area contributed by atoms with Crippen molar-refractivity contribution in [2.45, 2.75) is 18.7 Å². The van der Waals surface area contributed by atoms with Crippen LogP contribution < -0.4 is 5.14 Å². The molecule has 1 heterocycles. The van der Waals surface area contributed by atoms with Crippen LogP contribution in [0.3, 0.4) is 0 Å². The van der Waals surface area contributed by atoms with Crippen LogP contribution in [-0.2, 0) is 10.0 Å². The molecular formula is C17H17N4O4S+. The zero-order chi connectivity index (χ0) is 19.1. The summed E-state index contributed by atoms with van der Waals surface area (Å²) in [5, 5.41) is 18.7. The molecule has 1 aromatic heterocycles. The molecule has 8 nitrogen and oxygen atoms in total. The van der Waals surface area contributed by atoms with Crippen molar-refractivity contribution in [2.75, 3.05) is 0 Å². The van der Waals surface area contributed by atoms with Crippen LogP contribution in [0.1, 0.15) is 11.4 Å². The Bertz CT molecular complexity index is 1100. The maximum Gasteiger partial charge on any atom is 0.322 e. The van der Waals surface area contributed by atoms with Crippen LogP contribution in [0.25, 0.3) is 16.8 Å². The van der Waals surface area contributed by atoms with Gasteiger partial charge in [-0.2, -0.15) is 13.5 Å². The van der Waals surface area contributed by atoms with Crippen molar-refractivity contribution in [2.24, 2.45) is 0 Å². The maximum absolute atomic E-state index is 11.5. The highest BCUT2D eigenvalue weighted by Crippen LogP contribution is 2.31. The molecule has 0 saturated heterocycles. The molecule has 26 heavy (non-hydrogen) atoms. The van der Waals surface area contributed by atoms with E-state index in [1.165, 1.54) is 24.3 Å². The molecule has 0 bridgehead atoms. The highest BCUT2D eigenvalue weighted by Gasteiger charge is 2.18. The number of sulfonamides is 1. The lowest BCUT2D eigenvalue weighted by Gasteiger charge is -2.06. The summed E-state index contributed by atoms with van der Waals surface area (Å²) in [4.78, 5) is 10.7. The first-order valence-corrected chi connectivity index (χ1v) is 9.33. The van der Waals surface area contributed by atoms with Gasteiger partial charge in [-0.1, -0.05) is 12.1 Å². The standard InChI is InChI=1S/C17H16N4O4S/c1-11-17(13-4-3-5-15(10-13)21(22)23)12(2)20(19-11)14-6-8-16(9-7-14)26(18,24)25/h3-10H,1-2H3,(H2,18,24,25)/p+1. The Morgan fingerprint density at radius 3 is 2.35 bits per heavy atom. The zero-order valence-corrected chi connectivity index (χ0v) is 15.0. The summed E-state index contributed by atoms with van der Waals surface area (Å²) in [6.07, 6.45) is 0. The van der Waals surface area contributed by atoms with Crippen molar-refractivity contribution in [1.29, 1.82) is 0 Å². The van der Waals surface area contributed by atoms with Gasteiger partial charge in [-0.3, -0.25) is 10.1 Å². The van der Waals surface area contributed by atoms with Crippen molar-refractivity contribution in [1.82, 2.24) is 9.78 Å². The van der Waals surface area contributed by atoms with E-state index in [0.29, 0.717) is 11.3 Å². The predicted molar refractivity (Wildman–Crippen MR) is 95.2 cm³/mol. The lowest BCUT2D eigenvalue weighted by molar-refractivity contribution is -0.384. The van der Waals surface area contributed by atoms with Gasteiger partial charge in [0.1, 0.15) is 4.90 Å². The number of nitro benzene ring substituents is 1. The van der Waals surface area contributed by atoms with E-state index in [0.717, 1.165) is 17.0 Å². The minimum absolute atomic E-state index is 0.0130. The van der Waals surface area contributed by atoms with Crippen LogP contribution in [-0.4, -0.2) is 23.1 Å². The molecule has 3 aromatic rings. The number of non-ortho nitro benzene ring substituents is 1. The summed E-state index contributed by atoms with van der Waals surface area (Å²) < 4.78 is 24.7. The summed E-state index contributed by atoms with van der Waals surface area (Å²) in [5.41, 5.74) is 3.73. The first-order chi connectivity index (χ1) is 12.2. The van der Waals surface area contributed by atoms with Gasteiger partial charge in [0, 0.05) is 23.4 Å². The SMILES string of the molecule is Cc1nn(-c2ccc(S([NH3+])(=O)=O)cc2)c(C)c1-c1cccc([N+](=O)[O-])c1. The van der Waals surface area contributed by atoms with Gasteiger partial charge in [-0.05, 0) is 43.7 Å². The van der Waals surface area contributed by atoms with Crippen molar-refractivity contribution in [3.8, 4) is 16.8 Å². The first kappa shape index (κ1) is 17.8. The Morgan fingerprint density at radius 2 is 1.77 bits per heavy atom. The first-order valence-electron chi connectivity index (χ1n) is 7.68. The molecule has 3 N–H and O–H groups in total. The maximum atomic E-state index is 11.5. The van der Waals surface area contributed by atoms with Crippen LogP contribution in [0, 0.1) is 24.0 Å². The molecule has 0 fully saturated rings. The van der Waals surface area contributed by atoms with E-state index in [4.69, 9.17) is 0 Å². The fourth-order valence-corrected chi connectivity index (χ4v) is 3.43. The fourth-order valence-electron chi connectivity index (χ4n) is 2.88. The van der Waals surface area contributed by atoms with E-state index >= 15 is 0 Å². The molecule has 9 heteroatoms. The predicted octanol–water partition coefficient (Wildman–Crippen LogP) is 1.99. The minimum atomic E-state index is -3.51. The lowest BCUT2D eigenvalue weighted by atomic mass is 10.0. The fraction of sp³-hybridized carbons (Fsp3) is 0.118. The Balaban J connectivity index is 2.09. The van der Waals surface area contributed by atoms with Gasteiger partial charge in [-0.15, -0.1) is 0 Å². The van der Waals surface area contributed by atoms with Crippen molar-refractivity contribution >= 4 is 15.7 Å². The Hall–Kier alpha value is -3.04. The minimum Gasteiger partial charge on any atom is -0.258 e. The number of quaternary nitrogens is 1. The number of hydrogen-bond donors (Lipinski definition) is 1. The van der Waals surface area contributed by atoms with Crippen molar-refractivity contribution < 1.29 is 18.5 Å². The summed E-state index contributed by atoms with van der Waals surface area (Å²) >= 11 is 0. The largest absolute Gasteiger partial charge is 0.322 e. The second kappa shape index (κ2) is 6.36.